The summed E-state index contributed by atoms with van der Waals surface area (Å²) >= 11 is 1.59. The zero-order valence-electron chi connectivity index (χ0n) is 11.1. The van der Waals surface area contributed by atoms with E-state index in [0.29, 0.717) is 5.88 Å². The first-order valence-corrected chi connectivity index (χ1v) is 7.08. The fourth-order valence-corrected chi connectivity index (χ4v) is 2.84. The van der Waals surface area contributed by atoms with Crippen LogP contribution in [0.5, 0.6) is 5.75 Å². The van der Waals surface area contributed by atoms with Gasteiger partial charge in [-0.3, -0.25) is 0 Å². The number of ether oxygens (including phenoxy) is 1. The Morgan fingerprint density at radius 1 is 1.20 bits per heavy atom. The predicted octanol–water partition coefficient (Wildman–Crippen LogP) is 4.57. The van der Waals surface area contributed by atoms with Gasteiger partial charge in [0.15, 0.2) is 11.0 Å². The molecule has 0 aliphatic rings. The lowest BCUT2D eigenvalue weighted by Gasteiger charge is -2.08. The maximum Gasteiger partial charge on any atom is 0.192 e. The molecule has 20 heavy (non-hydrogen) atoms. The molecule has 0 saturated heterocycles. The third kappa shape index (κ3) is 2.81. The van der Waals surface area contributed by atoms with Gasteiger partial charge >= 0.3 is 0 Å². The lowest BCUT2D eigenvalue weighted by Crippen LogP contribution is -2.04. The fourth-order valence-electron chi connectivity index (χ4n) is 1.86. The van der Waals surface area contributed by atoms with Crippen LogP contribution in [-0.2, 0) is 0 Å². The molecule has 1 aromatic heterocycles. The van der Waals surface area contributed by atoms with Crippen molar-refractivity contribution in [2.45, 2.75) is 6.92 Å². The minimum absolute atomic E-state index is 0.465. The topological polar surface area (TPSA) is 34.2 Å². The van der Waals surface area contributed by atoms with Crippen LogP contribution >= 0.6 is 11.3 Å². The van der Waals surface area contributed by atoms with Gasteiger partial charge in [-0.2, -0.15) is 0 Å². The maximum absolute atomic E-state index is 5.60. The number of nitrogens with zero attached hydrogens (tertiary/aromatic N) is 1. The Kier molecular flexibility index (Phi) is 3.39. The summed E-state index contributed by atoms with van der Waals surface area (Å²) in [4.78, 5) is 4.50. The van der Waals surface area contributed by atoms with E-state index in [-0.39, 0.29) is 0 Å². The Labute approximate surface area is 121 Å². The molecule has 0 radical (unpaired) electrons. The molecule has 4 heteroatoms. The second-order valence-corrected chi connectivity index (χ2v) is 5.48. The molecule has 0 aliphatic heterocycles. The van der Waals surface area contributed by atoms with Gasteiger partial charge in [-0.15, -0.1) is 0 Å². The molecular weight excluding hydrogens is 268 g/mol. The highest BCUT2D eigenvalue weighted by atomic mass is 32.1. The van der Waals surface area contributed by atoms with Gasteiger partial charge in [0.2, 0.25) is 0 Å². The Morgan fingerprint density at radius 3 is 2.80 bits per heavy atom. The Balaban J connectivity index is 1.74. The van der Waals surface area contributed by atoms with E-state index in [9.17, 15) is 0 Å². The van der Waals surface area contributed by atoms with E-state index in [1.807, 2.05) is 36.4 Å². The van der Waals surface area contributed by atoms with Crippen LogP contribution < -0.4 is 10.1 Å². The molecule has 0 fully saturated rings. The third-order valence-corrected chi connectivity index (χ3v) is 3.71. The molecule has 0 atom stereocenters. The van der Waals surface area contributed by atoms with E-state index < -0.39 is 0 Å². The van der Waals surface area contributed by atoms with E-state index >= 15 is 0 Å². The van der Waals surface area contributed by atoms with Crippen LogP contribution in [-0.4, -0.2) is 4.98 Å². The molecule has 0 spiro atoms. The summed E-state index contributed by atoms with van der Waals surface area (Å²) in [6.07, 6.45) is 0. The van der Waals surface area contributed by atoms with Crippen LogP contribution in [0.4, 0.5) is 5.13 Å². The summed E-state index contributed by atoms with van der Waals surface area (Å²) in [7, 11) is 0. The number of thiazole rings is 1. The van der Waals surface area contributed by atoms with Gasteiger partial charge < -0.3 is 10.1 Å². The molecule has 0 bridgehead atoms. The van der Waals surface area contributed by atoms with Gasteiger partial charge in [0.05, 0.1) is 10.2 Å². The molecular formula is C16H14N2OS. The van der Waals surface area contributed by atoms with Crippen molar-refractivity contribution < 1.29 is 4.74 Å². The van der Waals surface area contributed by atoms with E-state index in [1.54, 1.807) is 11.3 Å². The average molecular weight is 282 g/mol. The predicted molar refractivity (Wildman–Crippen MR) is 84.2 cm³/mol. The molecule has 0 unspecified atom stereocenters. The van der Waals surface area contributed by atoms with Crippen LogP contribution in [0.2, 0.25) is 0 Å². The first-order valence-electron chi connectivity index (χ1n) is 6.27. The van der Waals surface area contributed by atoms with Gasteiger partial charge in [-0.1, -0.05) is 35.6 Å². The lowest BCUT2D eigenvalue weighted by molar-refractivity contribution is 0.435. The number of aromatic nitrogens is 1. The zero-order chi connectivity index (χ0) is 13.9. The average Bonchev–Trinajstić information content (AvgIpc) is 2.80. The van der Waals surface area contributed by atoms with Crippen LogP contribution in [0.3, 0.4) is 0 Å². The molecule has 100 valence electrons. The lowest BCUT2D eigenvalue weighted by atomic mass is 10.2. The number of anilines is 1. The van der Waals surface area contributed by atoms with Crippen molar-refractivity contribution >= 4 is 26.7 Å². The summed E-state index contributed by atoms with van der Waals surface area (Å²) in [5.74, 6) is 1.22. The number of fused-ring (bicyclic) bond motifs is 1. The van der Waals surface area contributed by atoms with Crippen molar-refractivity contribution in [1.82, 2.24) is 4.98 Å². The Bertz CT molecular complexity index is 750. The number of hydrogen-bond donors (Lipinski definition) is 1. The molecule has 3 rings (SSSR count). The second-order valence-electron chi connectivity index (χ2n) is 4.45. The standard InChI is InChI=1S/C16H14N2OS/c1-11-8-9-14-15(10-11)20-16(18-14)17-12(2)19-13-6-4-3-5-7-13/h3-10H,2H2,1H3,(H,17,18). The minimum Gasteiger partial charge on any atom is -0.442 e. The first-order chi connectivity index (χ1) is 9.70. The summed E-state index contributed by atoms with van der Waals surface area (Å²) < 4.78 is 6.75. The molecule has 0 saturated carbocycles. The van der Waals surface area contributed by atoms with Gasteiger partial charge in [-0.05, 0) is 43.3 Å². The fraction of sp³-hybridized carbons (Fsp3) is 0.0625. The van der Waals surface area contributed by atoms with Crippen molar-refractivity contribution in [2.24, 2.45) is 0 Å². The first kappa shape index (κ1) is 12.7. The highest BCUT2D eigenvalue weighted by molar-refractivity contribution is 7.22. The molecule has 1 heterocycles. The molecule has 1 N–H and O–H groups in total. The molecule has 0 amide bonds. The summed E-state index contributed by atoms with van der Waals surface area (Å²) in [6, 6.07) is 15.8. The highest BCUT2D eigenvalue weighted by Crippen LogP contribution is 2.27. The number of aryl methyl sites for hydroxylation is 1. The van der Waals surface area contributed by atoms with Crippen molar-refractivity contribution in [1.29, 1.82) is 0 Å². The smallest absolute Gasteiger partial charge is 0.192 e. The van der Waals surface area contributed by atoms with Crippen molar-refractivity contribution in [3.8, 4) is 5.75 Å². The molecule has 3 nitrogen and oxygen atoms in total. The number of para-hydroxylation sites is 1. The van der Waals surface area contributed by atoms with E-state index in [4.69, 9.17) is 4.74 Å². The van der Waals surface area contributed by atoms with Crippen molar-refractivity contribution in [3.63, 3.8) is 0 Å². The molecule has 3 aromatic rings. The van der Waals surface area contributed by atoms with E-state index in [0.717, 1.165) is 21.1 Å². The third-order valence-electron chi connectivity index (χ3n) is 2.77. The van der Waals surface area contributed by atoms with Crippen LogP contribution in [0.1, 0.15) is 5.56 Å². The second kappa shape index (κ2) is 5.35. The highest BCUT2D eigenvalue weighted by Gasteiger charge is 2.05. The van der Waals surface area contributed by atoms with Gasteiger partial charge in [-0.25, -0.2) is 4.98 Å². The van der Waals surface area contributed by atoms with Crippen LogP contribution in [0.25, 0.3) is 10.2 Å². The summed E-state index contributed by atoms with van der Waals surface area (Å²) in [6.45, 7) is 5.94. The van der Waals surface area contributed by atoms with Crippen molar-refractivity contribution in [2.75, 3.05) is 5.32 Å². The van der Waals surface area contributed by atoms with E-state index in [2.05, 4.69) is 35.9 Å². The number of benzene rings is 2. The quantitative estimate of drug-likeness (QED) is 0.712. The van der Waals surface area contributed by atoms with Crippen LogP contribution in [0, 0.1) is 6.92 Å². The molecule has 0 aliphatic carbocycles. The van der Waals surface area contributed by atoms with E-state index in [1.165, 1.54) is 5.56 Å². The maximum atomic E-state index is 5.60. The Morgan fingerprint density at radius 2 is 2.00 bits per heavy atom. The monoisotopic (exact) mass is 282 g/mol. The van der Waals surface area contributed by atoms with Crippen LogP contribution in [0.15, 0.2) is 61.0 Å². The van der Waals surface area contributed by atoms with Gasteiger partial charge in [0.1, 0.15) is 5.75 Å². The largest absolute Gasteiger partial charge is 0.442 e. The zero-order valence-corrected chi connectivity index (χ0v) is 11.9. The minimum atomic E-state index is 0.465. The summed E-state index contributed by atoms with van der Waals surface area (Å²) in [5.41, 5.74) is 2.21. The normalized spacial score (nSPS) is 10.4. The SMILES string of the molecule is C=C(Nc1nc2ccc(C)cc2s1)Oc1ccccc1. The summed E-state index contributed by atoms with van der Waals surface area (Å²) in [5, 5.41) is 3.87. The number of hydrogen-bond acceptors (Lipinski definition) is 4. The van der Waals surface area contributed by atoms with Crippen molar-refractivity contribution in [3.05, 3.63) is 66.6 Å². The number of nitrogens with one attached hydrogen (secondary N) is 1. The van der Waals surface area contributed by atoms with Gasteiger partial charge in [0, 0.05) is 0 Å². The number of rotatable bonds is 4. The Hall–Kier alpha value is -2.33. The van der Waals surface area contributed by atoms with Gasteiger partial charge in [0.25, 0.3) is 0 Å². The molecule has 2 aromatic carbocycles.